The van der Waals surface area contributed by atoms with E-state index in [0.29, 0.717) is 38.5 Å². The molecule has 0 saturated heterocycles. The standard InChI is InChI=1S/C20H21BrN4O4S2/c1-5-9-25-17(13-7-8-14(21)29-13)23-24-20(25)30-10-15(26)22-18-16(19(27)28-6-2)11(3)12(4)31-18/h5,7-8H,1,6,9-10H2,2-4H3,(H,22,26). The molecule has 0 atom stereocenters. The molecule has 0 aromatic carbocycles. The predicted octanol–water partition coefficient (Wildman–Crippen LogP) is 5.07. The number of nitrogens with zero attached hydrogens (tertiary/aromatic N) is 3. The van der Waals surface area contributed by atoms with Gasteiger partial charge in [0, 0.05) is 11.4 Å². The number of allylic oxidation sites excluding steroid dienone is 1. The van der Waals surface area contributed by atoms with Gasteiger partial charge in [-0.3, -0.25) is 9.36 Å². The molecule has 0 saturated carbocycles. The highest BCUT2D eigenvalue weighted by Crippen LogP contribution is 2.33. The number of hydrogen-bond donors (Lipinski definition) is 1. The topological polar surface area (TPSA) is 99.2 Å². The van der Waals surface area contributed by atoms with Crippen LogP contribution in [-0.4, -0.2) is 39.0 Å². The predicted molar refractivity (Wildman–Crippen MR) is 125 cm³/mol. The maximum absolute atomic E-state index is 12.6. The van der Waals surface area contributed by atoms with E-state index in [9.17, 15) is 9.59 Å². The highest BCUT2D eigenvalue weighted by atomic mass is 79.9. The van der Waals surface area contributed by atoms with Crippen molar-refractivity contribution >= 4 is 55.9 Å². The molecule has 0 aliphatic rings. The molecule has 0 aliphatic heterocycles. The Kier molecular flexibility index (Phi) is 7.74. The zero-order chi connectivity index (χ0) is 22.5. The summed E-state index contributed by atoms with van der Waals surface area (Å²) >= 11 is 5.87. The van der Waals surface area contributed by atoms with Crippen LogP contribution < -0.4 is 5.32 Å². The first kappa shape index (κ1) is 23.3. The van der Waals surface area contributed by atoms with Gasteiger partial charge in [0.25, 0.3) is 0 Å². The molecular formula is C20H21BrN4O4S2. The van der Waals surface area contributed by atoms with E-state index in [1.54, 1.807) is 25.1 Å². The van der Waals surface area contributed by atoms with E-state index in [1.165, 1.54) is 23.1 Å². The van der Waals surface area contributed by atoms with E-state index in [-0.39, 0.29) is 18.3 Å². The van der Waals surface area contributed by atoms with E-state index in [1.807, 2.05) is 18.4 Å². The van der Waals surface area contributed by atoms with Crippen LogP contribution in [0.4, 0.5) is 5.00 Å². The van der Waals surface area contributed by atoms with Crippen LogP contribution in [0.3, 0.4) is 0 Å². The van der Waals surface area contributed by atoms with Gasteiger partial charge in [-0.1, -0.05) is 17.8 Å². The summed E-state index contributed by atoms with van der Waals surface area (Å²) in [5, 5.41) is 12.3. The van der Waals surface area contributed by atoms with Crippen LogP contribution in [0.5, 0.6) is 0 Å². The lowest BCUT2D eigenvalue weighted by atomic mass is 10.1. The second-order valence-electron chi connectivity index (χ2n) is 6.35. The number of anilines is 1. The average molecular weight is 525 g/mol. The van der Waals surface area contributed by atoms with Crippen molar-refractivity contribution in [2.75, 3.05) is 17.7 Å². The lowest BCUT2D eigenvalue weighted by Gasteiger charge is -2.08. The Balaban J connectivity index is 1.73. The zero-order valence-corrected chi connectivity index (χ0v) is 20.4. The van der Waals surface area contributed by atoms with Gasteiger partial charge in [-0.15, -0.1) is 28.1 Å². The molecule has 3 rings (SSSR count). The molecule has 11 heteroatoms. The lowest BCUT2D eigenvalue weighted by molar-refractivity contribution is -0.113. The summed E-state index contributed by atoms with van der Waals surface area (Å²) in [7, 11) is 0. The molecule has 31 heavy (non-hydrogen) atoms. The Labute approximate surface area is 196 Å². The SMILES string of the molecule is C=CCn1c(SCC(=O)Nc2sc(C)c(C)c2C(=O)OCC)nnc1-c1ccc(Br)o1. The summed E-state index contributed by atoms with van der Waals surface area (Å²) in [6.07, 6.45) is 1.72. The molecule has 3 aromatic heterocycles. The Bertz CT molecular complexity index is 1120. The summed E-state index contributed by atoms with van der Waals surface area (Å²) in [6.45, 7) is 9.99. The van der Waals surface area contributed by atoms with Crippen molar-refractivity contribution in [3.8, 4) is 11.6 Å². The summed E-state index contributed by atoms with van der Waals surface area (Å²) in [4.78, 5) is 25.9. The maximum Gasteiger partial charge on any atom is 0.341 e. The van der Waals surface area contributed by atoms with Crippen molar-refractivity contribution in [1.82, 2.24) is 14.8 Å². The number of aryl methyl sites for hydroxylation is 1. The summed E-state index contributed by atoms with van der Waals surface area (Å²) in [5.41, 5.74) is 1.22. The number of nitrogens with one attached hydrogen (secondary N) is 1. The number of rotatable bonds is 9. The van der Waals surface area contributed by atoms with Crippen molar-refractivity contribution in [1.29, 1.82) is 0 Å². The zero-order valence-electron chi connectivity index (χ0n) is 17.2. The van der Waals surface area contributed by atoms with Crippen LogP contribution >= 0.6 is 39.0 Å². The van der Waals surface area contributed by atoms with Crippen LogP contribution in [-0.2, 0) is 16.1 Å². The number of ether oxygens (including phenoxy) is 1. The third kappa shape index (κ3) is 5.28. The fraction of sp³-hybridized carbons (Fsp3) is 0.300. The number of esters is 1. The van der Waals surface area contributed by atoms with Crippen LogP contribution in [0.25, 0.3) is 11.6 Å². The van der Waals surface area contributed by atoms with Gasteiger partial charge in [0.05, 0.1) is 17.9 Å². The molecule has 0 fully saturated rings. The Morgan fingerprint density at radius 2 is 2.16 bits per heavy atom. The minimum Gasteiger partial charge on any atom is -0.462 e. The van der Waals surface area contributed by atoms with Crippen LogP contribution in [0.2, 0.25) is 0 Å². The van der Waals surface area contributed by atoms with Crippen LogP contribution in [0, 0.1) is 13.8 Å². The number of halogens is 1. The van der Waals surface area contributed by atoms with Gasteiger partial charge in [0.15, 0.2) is 15.6 Å². The quantitative estimate of drug-likeness (QED) is 0.237. The molecule has 1 N–H and O–H groups in total. The number of thioether (sulfide) groups is 1. The van der Waals surface area contributed by atoms with Gasteiger partial charge in [-0.25, -0.2) is 4.79 Å². The molecule has 1 amide bonds. The van der Waals surface area contributed by atoms with Crippen molar-refractivity contribution < 1.29 is 18.7 Å². The molecule has 0 radical (unpaired) electrons. The first-order chi connectivity index (χ1) is 14.8. The fourth-order valence-corrected chi connectivity index (χ4v) is 4.88. The van der Waals surface area contributed by atoms with E-state index >= 15 is 0 Å². The van der Waals surface area contributed by atoms with E-state index in [0.717, 1.165) is 10.4 Å². The van der Waals surface area contributed by atoms with Gasteiger partial charge in [0.2, 0.25) is 11.7 Å². The minimum absolute atomic E-state index is 0.0926. The Morgan fingerprint density at radius 1 is 1.39 bits per heavy atom. The number of aromatic nitrogens is 3. The molecule has 8 nitrogen and oxygen atoms in total. The van der Waals surface area contributed by atoms with Gasteiger partial charge in [-0.2, -0.15) is 0 Å². The first-order valence-corrected chi connectivity index (χ1v) is 11.9. The third-order valence-electron chi connectivity index (χ3n) is 4.27. The number of carbonyl (C=O) groups excluding carboxylic acids is 2. The van der Waals surface area contributed by atoms with Gasteiger partial charge in [-0.05, 0) is 54.4 Å². The molecular weight excluding hydrogens is 504 g/mol. The second kappa shape index (κ2) is 10.3. The molecule has 0 spiro atoms. The van der Waals surface area contributed by atoms with Crippen LogP contribution in [0.1, 0.15) is 27.7 Å². The van der Waals surface area contributed by atoms with Gasteiger partial charge in [0.1, 0.15) is 5.00 Å². The van der Waals surface area contributed by atoms with Crippen LogP contribution in [0.15, 0.2) is 39.0 Å². The van der Waals surface area contributed by atoms with E-state index in [2.05, 4.69) is 38.0 Å². The maximum atomic E-state index is 12.6. The molecule has 0 aliphatic carbocycles. The number of thiophene rings is 1. The summed E-state index contributed by atoms with van der Waals surface area (Å²) in [5.74, 6) is 0.498. The normalized spacial score (nSPS) is 10.8. The smallest absolute Gasteiger partial charge is 0.341 e. The molecule has 0 bridgehead atoms. The fourth-order valence-electron chi connectivity index (χ4n) is 2.76. The Morgan fingerprint density at radius 3 is 2.81 bits per heavy atom. The molecule has 0 unspecified atom stereocenters. The average Bonchev–Trinajstić information content (AvgIpc) is 3.39. The number of furan rings is 1. The second-order valence-corrected chi connectivity index (χ2v) is 9.30. The largest absolute Gasteiger partial charge is 0.462 e. The summed E-state index contributed by atoms with van der Waals surface area (Å²) < 4.78 is 13.1. The van der Waals surface area contributed by atoms with E-state index < -0.39 is 5.97 Å². The highest BCUT2D eigenvalue weighted by Gasteiger charge is 2.23. The highest BCUT2D eigenvalue weighted by molar-refractivity contribution is 9.10. The third-order valence-corrected chi connectivity index (χ3v) is 6.79. The van der Waals surface area contributed by atoms with Crippen molar-refractivity contribution in [3.63, 3.8) is 0 Å². The minimum atomic E-state index is -0.438. The monoisotopic (exact) mass is 524 g/mol. The van der Waals surface area contributed by atoms with Crippen molar-refractivity contribution in [2.45, 2.75) is 32.5 Å². The van der Waals surface area contributed by atoms with Gasteiger partial charge >= 0.3 is 5.97 Å². The van der Waals surface area contributed by atoms with Crippen molar-refractivity contribution in [3.05, 3.63) is 45.5 Å². The number of amides is 1. The lowest BCUT2D eigenvalue weighted by Crippen LogP contribution is -2.17. The number of carbonyl (C=O) groups is 2. The molecule has 3 aromatic rings. The molecule has 3 heterocycles. The Hall–Kier alpha value is -2.37. The van der Waals surface area contributed by atoms with E-state index in [4.69, 9.17) is 9.15 Å². The first-order valence-electron chi connectivity index (χ1n) is 9.35. The van der Waals surface area contributed by atoms with Gasteiger partial charge < -0.3 is 14.5 Å². The summed E-state index contributed by atoms with van der Waals surface area (Å²) in [6, 6.07) is 3.56. The number of hydrogen-bond acceptors (Lipinski definition) is 8. The van der Waals surface area contributed by atoms with Crippen molar-refractivity contribution in [2.24, 2.45) is 0 Å². The molecule has 164 valence electrons.